The molecule has 6 atom stereocenters. The van der Waals surface area contributed by atoms with E-state index in [1.165, 1.54) is 17.8 Å². The summed E-state index contributed by atoms with van der Waals surface area (Å²) in [5.41, 5.74) is 11.4. The molecule has 18 nitrogen and oxygen atoms in total. The zero-order valence-corrected chi connectivity index (χ0v) is 28.7. The molecule has 2 aromatic heterocycles. The van der Waals surface area contributed by atoms with E-state index in [4.69, 9.17) is 44.2 Å². The second-order valence-electron chi connectivity index (χ2n) is 12.3. The number of rotatable bonds is 14. The van der Waals surface area contributed by atoms with Crippen molar-refractivity contribution in [3.8, 4) is 5.75 Å². The zero-order valence-electron chi connectivity index (χ0n) is 27.9. The van der Waals surface area contributed by atoms with Crippen LogP contribution in [0, 0.1) is 0 Å². The van der Waals surface area contributed by atoms with Gasteiger partial charge in [-0.15, -0.1) is 0 Å². The number of benzene rings is 1. The minimum atomic E-state index is -4.45. The number of carbonyl (C=O) groups excluding carboxylic acids is 3. The Morgan fingerprint density at radius 3 is 2.53 bits per heavy atom. The summed E-state index contributed by atoms with van der Waals surface area (Å²) in [5.74, 6) is -1.07. The van der Waals surface area contributed by atoms with Crippen molar-refractivity contribution < 1.29 is 51.7 Å². The van der Waals surface area contributed by atoms with Crippen LogP contribution in [0.15, 0.2) is 30.6 Å². The summed E-state index contributed by atoms with van der Waals surface area (Å²) in [7, 11) is -4.45. The fraction of sp³-hybridized carbons (Fsp3) is 0.533. The number of nitrogens with one attached hydrogen (secondary N) is 1. The summed E-state index contributed by atoms with van der Waals surface area (Å²) in [5, 5.41) is 2.63. The largest absolute Gasteiger partial charge is 0.509 e. The molecule has 1 aromatic carbocycles. The number of aromatic nitrogens is 4. The van der Waals surface area contributed by atoms with E-state index in [0.717, 1.165) is 0 Å². The average molecular weight is 706 g/mol. The smallest absolute Gasteiger partial charge is 0.463 e. The van der Waals surface area contributed by atoms with Crippen LogP contribution in [0.5, 0.6) is 5.75 Å². The van der Waals surface area contributed by atoms with Crippen LogP contribution < -0.4 is 21.1 Å². The van der Waals surface area contributed by atoms with Crippen LogP contribution in [0.2, 0.25) is 0 Å². The van der Waals surface area contributed by atoms with E-state index in [9.17, 15) is 18.9 Å². The van der Waals surface area contributed by atoms with Gasteiger partial charge in [0.1, 0.15) is 23.4 Å². The Balaban J connectivity index is 1.41. The SMILES string of the molecule is CC(C)OC(=O)CCc1ccccc1OP(=O)(N[C@@H](C)C(=O)OC(C)C)OC[C@H]1O[C@@H](n2cnc3c(N)nc(N)nc32)C2(C)OC(=O)O[C@@H]12. The molecule has 2 saturated heterocycles. The Labute approximate surface area is 281 Å². The molecule has 0 saturated carbocycles. The number of hydrogen-bond donors (Lipinski definition) is 3. The summed E-state index contributed by atoms with van der Waals surface area (Å²) in [6.07, 6.45) is -3.30. The predicted molar refractivity (Wildman–Crippen MR) is 172 cm³/mol. The minimum absolute atomic E-state index is 0.0301. The number of para-hydroxylation sites is 1. The molecular weight excluding hydrogens is 665 g/mol. The lowest BCUT2D eigenvalue weighted by Crippen LogP contribution is -2.42. The molecule has 2 fully saturated rings. The molecule has 5 rings (SSSR count). The van der Waals surface area contributed by atoms with E-state index in [0.29, 0.717) is 5.56 Å². The van der Waals surface area contributed by atoms with Crippen molar-refractivity contribution in [1.29, 1.82) is 0 Å². The van der Waals surface area contributed by atoms with E-state index in [1.54, 1.807) is 58.9 Å². The first kappa shape index (κ1) is 35.8. The number of esters is 2. The van der Waals surface area contributed by atoms with Crippen LogP contribution in [0.1, 0.15) is 59.8 Å². The molecule has 3 aromatic rings. The minimum Gasteiger partial charge on any atom is -0.463 e. The van der Waals surface area contributed by atoms with Crippen LogP contribution in [0.4, 0.5) is 16.6 Å². The van der Waals surface area contributed by atoms with Gasteiger partial charge in [-0.25, -0.2) is 14.3 Å². The predicted octanol–water partition coefficient (Wildman–Crippen LogP) is 3.20. The molecule has 0 spiro atoms. The molecule has 2 aliphatic heterocycles. The van der Waals surface area contributed by atoms with E-state index in [1.807, 2.05) is 0 Å². The van der Waals surface area contributed by atoms with Gasteiger partial charge in [0.15, 0.2) is 29.4 Å². The maximum Gasteiger partial charge on any atom is 0.509 e. The van der Waals surface area contributed by atoms with Gasteiger partial charge in [0, 0.05) is 6.42 Å². The van der Waals surface area contributed by atoms with E-state index < -0.39 is 68.6 Å². The maximum atomic E-state index is 14.5. The highest BCUT2D eigenvalue weighted by Gasteiger charge is 2.64. The molecule has 5 N–H and O–H groups in total. The fourth-order valence-electron chi connectivity index (χ4n) is 5.46. The van der Waals surface area contributed by atoms with Crippen LogP contribution in [-0.4, -0.2) is 80.3 Å². The Bertz CT molecular complexity index is 1770. The van der Waals surface area contributed by atoms with Gasteiger partial charge in [-0.05, 0) is 59.6 Å². The van der Waals surface area contributed by atoms with Crippen molar-refractivity contribution in [1.82, 2.24) is 24.6 Å². The summed E-state index contributed by atoms with van der Waals surface area (Å²) in [4.78, 5) is 49.8. The fourth-order valence-corrected chi connectivity index (χ4v) is 7.00. The summed E-state index contributed by atoms with van der Waals surface area (Å²) in [6.45, 7) is 9.39. The highest BCUT2D eigenvalue weighted by atomic mass is 31.2. The van der Waals surface area contributed by atoms with Crippen molar-refractivity contribution in [3.63, 3.8) is 0 Å². The Morgan fingerprint density at radius 2 is 1.82 bits per heavy atom. The second kappa shape index (κ2) is 14.2. The highest BCUT2D eigenvalue weighted by Crippen LogP contribution is 2.51. The Hall–Kier alpha value is -4.51. The number of carbonyl (C=O) groups is 3. The molecule has 266 valence electrons. The topological polar surface area (TPSA) is 241 Å². The van der Waals surface area contributed by atoms with Gasteiger partial charge in [-0.2, -0.15) is 15.1 Å². The van der Waals surface area contributed by atoms with Gasteiger partial charge in [0.25, 0.3) is 0 Å². The third-order valence-corrected chi connectivity index (χ3v) is 9.19. The van der Waals surface area contributed by atoms with Crippen LogP contribution in [-0.2, 0) is 48.8 Å². The normalized spacial score (nSPS) is 23.5. The number of nitrogens with zero attached hydrogens (tertiary/aromatic N) is 4. The first-order valence-electron chi connectivity index (χ1n) is 15.6. The highest BCUT2D eigenvalue weighted by molar-refractivity contribution is 7.52. The summed E-state index contributed by atoms with van der Waals surface area (Å²) < 4.78 is 55.7. The molecule has 0 bridgehead atoms. The number of hydrogen-bond acceptors (Lipinski definition) is 16. The molecule has 0 aliphatic carbocycles. The van der Waals surface area contributed by atoms with Crippen LogP contribution in [0.25, 0.3) is 11.2 Å². The molecule has 0 amide bonds. The number of ether oxygens (including phenoxy) is 5. The maximum absolute atomic E-state index is 14.5. The van der Waals surface area contributed by atoms with Crippen LogP contribution >= 0.6 is 7.75 Å². The number of fused-ring (bicyclic) bond motifs is 2. The number of nitrogen functional groups attached to an aromatic ring is 2. The number of imidazole rings is 1. The quantitative estimate of drug-likeness (QED) is 0.124. The summed E-state index contributed by atoms with van der Waals surface area (Å²) in [6, 6.07) is 5.47. The van der Waals surface area contributed by atoms with E-state index in [2.05, 4.69) is 20.0 Å². The molecule has 19 heteroatoms. The molecule has 49 heavy (non-hydrogen) atoms. The Morgan fingerprint density at radius 1 is 1.10 bits per heavy atom. The van der Waals surface area contributed by atoms with Gasteiger partial charge >= 0.3 is 25.8 Å². The van der Waals surface area contributed by atoms with Crippen molar-refractivity contribution in [2.45, 2.75) is 96.7 Å². The van der Waals surface area contributed by atoms with Gasteiger partial charge in [0.2, 0.25) is 5.95 Å². The van der Waals surface area contributed by atoms with Crippen molar-refractivity contribution in [2.24, 2.45) is 0 Å². The van der Waals surface area contributed by atoms with Crippen molar-refractivity contribution >= 4 is 48.8 Å². The van der Waals surface area contributed by atoms with Crippen molar-refractivity contribution in [3.05, 3.63) is 36.2 Å². The molecule has 2 unspecified atom stereocenters. The first-order chi connectivity index (χ1) is 23.1. The zero-order chi connectivity index (χ0) is 35.7. The average Bonchev–Trinajstić information content (AvgIpc) is 3.63. The lowest BCUT2D eigenvalue weighted by atomic mass is 9.96. The summed E-state index contributed by atoms with van der Waals surface area (Å²) >= 11 is 0. The van der Waals surface area contributed by atoms with Crippen LogP contribution in [0.3, 0.4) is 0 Å². The third kappa shape index (κ3) is 7.88. The number of anilines is 2. The Kier molecular flexibility index (Phi) is 10.3. The van der Waals surface area contributed by atoms with Gasteiger partial charge in [-0.3, -0.25) is 18.7 Å². The van der Waals surface area contributed by atoms with Gasteiger partial charge in [0.05, 0.1) is 25.1 Å². The molecule has 2 aliphatic rings. The molecule has 4 heterocycles. The van der Waals surface area contributed by atoms with Gasteiger partial charge in [-0.1, -0.05) is 18.2 Å². The third-order valence-electron chi connectivity index (χ3n) is 7.56. The lowest BCUT2D eigenvalue weighted by molar-refractivity contribution is -0.149. The standard InChI is InChI=1S/C30H40N7O11P/c1-15(2)43-21(38)12-11-18-9-7-8-10-19(18)48-49(41,36-17(5)26(39)44-16(3)4)42-13-20-23-30(6,47-29(40)46-23)27(45-20)37-14-33-22-24(31)34-28(32)35-25(22)37/h7-10,14-17,20,23,27H,11-13H2,1-6H3,(H,36,41)(H4,31,32,34,35)/t17-,20+,23-,27+,30?,49?/m0/s1. The lowest BCUT2D eigenvalue weighted by Gasteiger charge is -2.26. The van der Waals surface area contributed by atoms with E-state index in [-0.39, 0.29) is 47.6 Å². The monoisotopic (exact) mass is 705 g/mol. The number of nitrogens with two attached hydrogens (primary N) is 2. The van der Waals surface area contributed by atoms with Gasteiger partial charge < -0.3 is 39.7 Å². The molecular formula is C30H40N7O11P. The van der Waals surface area contributed by atoms with Crippen molar-refractivity contribution in [2.75, 3.05) is 18.1 Å². The first-order valence-corrected chi connectivity index (χ1v) is 17.1. The number of aryl methyl sites for hydroxylation is 1. The second-order valence-corrected chi connectivity index (χ2v) is 14.0. The molecule has 0 radical (unpaired) electrons. The van der Waals surface area contributed by atoms with E-state index >= 15 is 0 Å².